The van der Waals surface area contributed by atoms with Crippen LogP contribution in [0.25, 0.3) is 16.9 Å². The third-order valence-electron chi connectivity index (χ3n) is 4.67. The lowest BCUT2D eigenvalue weighted by Crippen LogP contribution is -2.23. The minimum absolute atomic E-state index is 0.455. The van der Waals surface area contributed by atoms with Crippen LogP contribution in [0.5, 0.6) is 0 Å². The third-order valence-corrected chi connectivity index (χ3v) is 5.30. The second-order valence-electron chi connectivity index (χ2n) is 6.31. The van der Waals surface area contributed by atoms with Gasteiger partial charge in [0.1, 0.15) is 22.3 Å². The van der Waals surface area contributed by atoms with Gasteiger partial charge in [0.05, 0.1) is 5.02 Å². The molecule has 2 heterocycles. The van der Waals surface area contributed by atoms with Crippen molar-refractivity contribution < 1.29 is 0 Å². The Balaban J connectivity index is 1.87. The number of fused-ring (bicyclic) bond motifs is 1. The number of nitrogens with zero attached hydrogens (tertiary/aromatic N) is 2. The first kappa shape index (κ1) is 15.8. The maximum absolute atomic E-state index is 6.47. The van der Waals surface area contributed by atoms with E-state index in [1.54, 1.807) is 0 Å². The van der Waals surface area contributed by atoms with Crippen LogP contribution in [0.4, 0.5) is 5.82 Å². The van der Waals surface area contributed by atoms with Crippen molar-refractivity contribution in [2.75, 3.05) is 5.32 Å². The number of hydrogen-bond acceptors (Lipinski definition) is 2. The summed E-state index contributed by atoms with van der Waals surface area (Å²) in [5.74, 6) is 0.940. The summed E-state index contributed by atoms with van der Waals surface area (Å²) in [6.07, 6.45) is 6.22. The number of aromatic nitrogens is 2. The van der Waals surface area contributed by atoms with E-state index in [0.717, 1.165) is 22.7 Å². The number of benzene rings is 1. The summed E-state index contributed by atoms with van der Waals surface area (Å²) in [6, 6.07) is 14.1. The molecule has 3 nitrogen and oxygen atoms in total. The molecule has 2 aromatic heterocycles. The Morgan fingerprint density at radius 1 is 0.958 bits per heavy atom. The largest absolute Gasteiger partial charge is 0.367 e. The molecule has 0 atom stereocenters. The summed E-state index contributed by atoms with van der Waals surface area (Å²) in [5.41, 5.74) is 2.62. The predicted molar refractivity (Wildman–Crippen MR) is 101 cm³/mol. The molecule has 0 saturated heterocycles. The second kappa shape index (κ2) is 6.66. The summed E-state index contributed by atoms with van der Waals surface area (Å²) in [4.78, 5) is 4.80. The van der Waals surface area contributed by atoms with Gasteiger partial charge in [-0.1, -0.05) is 66.7 Å². The molecule has 0 bridgehead atoms. The van der Waals surface area contributed by atoms with Gasteiger partial charge in [0.15, 0.2) is 0 Å². The van der Waals surface area contributed by atoms with Gasteiger partial charge in [-0.3, -0.25) is 4.40 Å². The summed E-state index contributed by atoms with van der Waals surface area (Å²) in [6.45, 7) is 0. The maximum atomic E-state index is 6.47. The monoisotopic (exact) mass is 359 g/mol. The van der Waals surface area contributed by atoms with Gasteiger partial charge in [0.2, 0.25) is 0 Å². The van der Waals surface area contributed by atoms with Crippen LogP contribution >= 0.6 is 23.2 Å². The fourth-order valence-corrected chi connectivity index (χ4v) is 3.94. The predicted octanol–water partition coefficient (Wildman–Crippen LogP) is 6.05. The molecule has 4 rings (SSSR count). The van der Waals surface area contributed by atoms with Crippen molar-refractivity contribution in [3.63, 3.8) is 0 Å². The summed E-state index contributed by atoms with van der Waals surface area (Å²) >= 11 is 12.9. The van der Waals surface area contributed by atoms with Crippen molar-refractivity contribution >= 4 is 34.7 Å². The fraction of sp³-hybridized carbons (Fsp3) is 0.316. The number of rotatable bonds is 3. The summed E-state index contributed by atoms with van der Waals surface area (Å²) in [7, 11) is 0. The molecule has 24 heavy (non-hydrogen) atoms. The molecule has 1 aliphatic carbocycles. The zero-order valence-corrected chi connectivity index (χ0v) is 14.8. The Kier molecular flexibility index (Phi) is 4.38. The van der Waals surface area contributed by atoms with Crippen LogP contribution in [0.1, 0.15) is 32.1 Å². The Morgan fingerprint density at radius 3 is 2.54 bits per heavy atom. The number of hydrogen-bond donors (Lipinski definition) is 1. The first-order valence-electron chi connectivity index (χ1n) is 8.42. The maximum Gasteiger partial charge on any atom is 0.140 e. The van der Waals surface area contributed by atoms with Crippen LogP contribution < -0.4 is 5.32 Å². The molecule has 1 fully saturated rings. The Labute approximate surface area is 151 Å². The highest BCUT2D eigenvalue weighted by atomic mass is 35.5. The molecule has 1 N–H and O–H groups in total. The van der Waals surface area contributed by atoms with Crippen molar-refractivity contribution in [2.24, 2.45) is 0 Å². The van der Waals surface area contributed by atoms with E-state index in [4.69, 9.17) is 28.2 Å². The average Bonchev–Trinajstić information content (AvgIpc) is 2.96. The molecule has 0 unspecified atom stereocenters. The molecule has 0 amide bonds. The van der Waals surface area contributed by atoms with Crippen molar-refractivity contribution in [3.8, 4) is 11.3 Å². The summed E-state index contributed by atoms with van der Waals surface area (Å²) < 4.78 is 1.98. The van der Waals surface area contributed by atoms with Crippen LogP contribution in [0.15, 0.2) is 42.5 Å². The molecule has 0 radical (unpaired) electrons. The first-order valence-corrected chi connectivity index (χ1v) is 9.18. The minimum Gasteiger partial charge on any atom is -0.367 e. The van der Waals surface area contributed by atoms with Crippen molar-refractivity contribution in [3.05, 3.63) is 52.6 Å². The lowest BCUT2D eigenvalue weighted by molar-refractivity contribution is 0.462. The molecule has 5 heteroatoms. The number of nitrogens with one attached hydrogen (secondary N) is 1. The number of halogens is 2. The molecule has 1 aromatic carbocycles. The highest BCUT2D eigenvalue weighted by Crippen LogP contribution is 2.36. The Hall–Kier alpha value is -1.71. The van der Waals surface area contributed by atoms with Gasteiger partial charge in [-0.15, -0.1) is 0 Å². The van der Waals surface area contributed by atoms with E-state index in [0.29, 0.717) is 16.2 Å². The minimum atomic E-state index is 0.455. The molecular formula is C19H19Cl2N3. The van der Waals surface area contributed by atoms with E-state index in [1.807, 2.05) is 46.9 Å². The molecule has 0 aliphatic heterocycles. The van der Waals surface area contributed by atoms with E-state index < -0.39 is 0 Å². The van der Waals surface area contributed by atoms with Crippen molar-refractivity contribution in [2.45, 2.75) is 38.1 Å². The lowest BCUT2D eigenvalue weighted by Gasteiger charge is -2.24. The van der Waals surface area contributed by atoms with Gasteiger partial charge in [0, 0.05) is 11.6 Å². The quantitative estimate of drug-likeness (QED) is 0.576. The smallest absolute Gasteiger partial charge is 0.140 e. The van der Waals surface area contributed by atoms with Crippen LogP contribution in [0.2, 0.25) is 10.2 Å². The highest BCUT2D eigenvalue weighted by Gasteiger charge is 2.21. The van der Waals surface area contributed by atoms with Crippen LogP contribution in [-0.2, 0) is 0 Å². The number of anilines is 1. The van der Waals surface area contributed by atoms with E-state index in [1.165, 1.54) is 32.1 Å². The number of pyridine rings is 1. The zero-order chi connectivity index (χ0) is 16.5. The van der Waals surface area contributed by atoms with Gasteiger partial charge in [0.25, 0.3) is 0 Å². The Morgan fingerprint density at radius 2 is 1.75 bits per heavy atom. The van der Waals surface area contributed by atoms with Gasteiger partial charge in [-0.25, -0.2) is 4.98 Å². The van der Waals surface area contributed by atoms with Gasteiger partial charge in [-0.05, 0) is 31.0 Å². The van der Waals surface area contributed by atoms with Crippen LogP contribution in [-0.4, -0.2) is 15.4 Å². The topological polar surface area (TPSA) is 29.3 Å². The summed E-state index contributed by atoms with van der Waals surface area (Å²) in [5, 5.41) is 5.04. The standard InChI is InChI=1S/C19H19Cl2N3/c20-15-10-5-4-9-14(15)18-19(22-13-7-2-1-3-8-13)24-16(21)11-6-12-17(24)23-18/h4-6,9-13,22H,1-3,7-8H2. The molecule has 124 valence electrons. The molecule has 0 spiro atoms. The first-order chi connectivity index (χ1) is 11.7. The normalized spacial score (nSPS) is 15.8. The second-order valence-corrected chi connectivity index (χ2v) is 7.10. The Bertz CT molecular complexity index is 866. The van der Waals surface area contributed by atoms with Crippen molar-refractivity contribution in [1.29, 1.82) is 0 Å². The van der Waals surface area contributed by atoms with E-state index in [9.17, 15) is 0 Å². The van der Waals surface area contributed by atoms with Gasteiger partial charge < -0.3 is 5.32 Å². The highest BCUT2D eigenvalue weighted by molar-refractivity contribution is 6.33. The van der Waals surface area contributed by atoms with E-state index in [-0.39, 0.29) is 0 Å². The average molecular weight is 360 g/mol. The molecule has 1 saturated carbocycles. The van der Waals surface area contributed by atoms with E-state index in [2.05, 4.69) is 5.32 Å². The van der Waals surface area contributed by atoms with Gasteiger partial charge in [-0.2, -0.15) is 0 Å². The van der Waals surface area contributed by atoms with Crippen LogP contribution in [0.3, 0.4) is 0 Å². The van der Waals surface area contributed by atoms with Crippen molar-refractivity contribution in [1.82, 2.24) is 9.38 Å². The molecule has 1 aliphatic rings. The molecular weight excluding hydrogens is 341 g/mol. The fourth-order valence-electron chi connectivity index (χ4n) is 3.47. The third kappa shape index (κ3) is 2.87. The van der Waals surface area contributed by atoms with Crippen LogP contribution in [0, 0.1) is 0 Å². The SMILES string of the molecule is Clc1ccccc1-c1nc2cccc(Cl)n2c1NC1CCCCC1. The van der Waals surface area contributed by atoms with Gasteiger partial charge >= 0.3 is 0 Å². The number of imidazole rings is 1. The van der Waals surface area contributed by atoms with E-state index >= 15 is 0 Å². The molecule has 3 aromatic rings. The zero-order valence-electron chi connectivity index (χ0n) is 13.3. The lowest BCUT2D eigenvalue weighted by atomic mass is 9.95.